The number of carbonyl (C=O) groups excluding carboxylic acids is 2. The van der Waals surface area contributed by atoms with Crippen LogP contribution in [-0.2, 0) is 4.74 Å². The van der Waals surface area contributed by atoms with Crippen LogP contribution >= 0.6 is 0 Å². The predicted molar refractivity (Wildman–Crippen MR) is 88.5 cm³/mol. The topological polar surface area (TPSA) is 65.6 Å². The van der Waals surface area contributed by atoms with E-state index < -0.39 is 5.60 Å². The van der Waals surface area contributed by atoms with Gasteiger partial charge in [0.25, 0.3) is 0 Å². The van der Waals surface area contributed by atoms with Crippen LogP contribution in [0.15, 0.2) is 18.3 Å². The fraction of sp³-hybridized carbons (Fsp3) is 0.647. The normalized spacial score (nSPS) is 18.5. The van der Waals surface area contributed by atoms with Gasteiger partial charge in [0.1, 0.15) is 5.60 Å². The first-order valence-corrected chi connectivity index (χ1v) is 8.07. The van der Waals surface area contributed by atoms with Crippen molar-refractivity contribution < 1.29 is 14.3 Å². The van der Waals surface area contributed by atoms with E-state index in [0.717, 1.165) is 19.5 Å². The molecule has 2 heterocycles. The van der Waals surface area contributed by atoms with Crippen molar-refractivity contribution in [3.63, 3.8) is 0 Å². The molecule has 1 unspecified atom stereocenters. The fourth-order valence-corrected chi connectivity index (χ4v) is 2.81. The van der Waals surface area contributed by atoms with Crippen LogP contribution in [0.2, 0.25) is 0 Å². The number of likely N-dealkylation sites (tertiary alicyclic amines) is 1. The highest BCUT2D eigenvalue weighted by molar-refractivity contribution is 5.95. The molecule has 0 radical (unpaired) electrons. The minimum atomic E-state index is -0.464. The van der Waals surface area contributed by atoms with E-state index in [-0.39, 0.29) is 11.9 Å². The molecule has 0 aliphatic carbocycles. The molecule has 1 fully saturated rings. The first kappa shape index (κ1) is 17.5. The number of aromatic amines is 1. The fourth-order valence-electron chi connectivity index (χ4n) is 2.81. The summed E-state index contributed by atoms with van der Waals surface area (Å²) in [5.41, 5.74) is 0.174. The molecule has 2 rings (SSSR count). The minimum absolute atomic E-state index is 0.0829. The Morgan fingerprint density at radius 1 is 1.43 bits per heavy atom. The van der Waals surface area contributed by atoms with Gasteiger partial charge in [-0.25, -0.2) is 4.79 Å². The quantitative estimate of drug-likeness (QED) is 0.846. The first-order valence-electron chi connectivity index (χ1n) is 8.07. The van der Waals surface area contributed by atoms with Crippen LogP contribution in [-0.4, -0.2) is 65.5 Å². The van der Waals surface area contributed by atoms with Crippen LogP contribution in [0.4, 0.5) is 4.79 Å². The third-order valence-electron chi connectivity index (χ3n) is 3.82. The predicted octanol–water partition coefficient (Wildman–Crippen LogP) is 2.39. The molecule has 6 nitrogen and oxygen atoms in total. The van der Waals surface area contributed by atoms with Crippen molar-refractivity contribution in [2.45, 2.75) is 32.8 Å². The van der Waals surface area contributed by atoms with Crippen molar-refractivity contribution in [3.8, 4) is 0 Å². The van der Waals surface area contributed by atoms with E-state index in [1.807, 2.05) is 38.8 Å². The van der Waals surface area contributed by atoms with E-state index in [1.54, 1.807) is 17.2 Å². The number of ketones is 1. The number of ether oxygens (including phenoxy) is 1. The summed E-state index contributed by atoms with van der Waals surface area (Å²) in [6.45, 7) is 8.21. The van der Waals surface area contributed by atoms with Gasteiger partial charge < -0.3 is 14.6 Å². The number of nitrogens with one attached hydrogen (secondary N) is 1. The summed E-state index contributed by atoms with van der Waals surface area (Å²) in [5.74, 6) is 0.462. The summed E-state index contributed by atoms with van der Waals surface area (Å²) in [4.78, 5) is 30.8. The van der Waals surface area contributed by atoms with Crippen LogP contribution < -0.4 is 0 Å². The Bertz CT molecular complexity index is 534. The van der Waals surface area contributed by atoms with E-state index in [0.29, 0.717) is 24.7 Å². The van der Waals surface area contributed by atoms with Crippen molar-refractivity contribution in [2.24, 2.45) is 5.92 Å². The number of likely N-dealkylation sites (N-methyl/N-ethyl adjacent to an activating group) is 1. The Balaban J connectivity index is 1.76. The molecular weight excluding hydrogens is 294 g/mol. The smallest absolute Gasteiger partial charge is 0.410 e. The molecule has 128 valence electrons. The Morgan fingerprint density at radius 2 is 2.17 bits per heavy atom. The molecule has 1 N–H and O–H groups in total. The van der Waals surface area contributed by atoms with Gasteiger partial charge in [-0.1, -0.05) is 0 Å². The van der Waals surface area contributed by atoms with Crippen molar-refractivity contribution in [2.75, 3.05) is 33.2 Å². The molecule has 6 heteroatoms. The van der Waals surface area contributed by atoms with Crippen LogP contribution in [0.1, 0.15) is 37.7 Å². The lowest BCUT2D eigenvalue weighted by Crippen LogP contribution is -2.37. The van der Waals surface area contributed by atoms with E-state index in [1.165, 1.54) is 0 Å². The van der Waals surface area contributed by atoms with Crippen LogP contribution in [0, 0.1) is 5.92 Å². The van der Waals surface area contributed by atoms with Gasteiger partial charge in [0.2, 0.25) is 0 Å². The number of carbonyl (C=O) groups is 2. The van der Waals surface area contributed by atoms with Crippen molar-refractivity contribution >= 4 is 11.9 Å². The Morgan fingerprint density at radius 3 is 2.78 bits per heavy atom. The molecule has 0 aromatic carbocycles. The summed E-state index contributed by atoms with van der Waals surface area (Å²) < 4.78 is 5.40. The SMILES string of the molecule is CN(CC(=O)c1ccc[nH]1)CC1CCN(C(=O)OC(C)(C)C)C1. The maximum atomic E-state index is 12.1. The zero-order chi connectivity index (χ0) is 17.0. The molecule has 1 aromatic rings. The molecule has 0 spiro atoms. The van der Waals surface area contributed by atoms with Gasteiger partial charge in [0, 0.05) is 25.8 Å². The second-order valence-corrected chi connectivity index (χ2v) is 7.28. The van der Waals surface area contributed by atoms with Gasteiger partial charge in [0.05, 0.1) is 12.2 Å². The molecule has 23 heavy (non-hydrogen) atoms. The maximum absolute atomic E-state index is 12.1. The lowest BCUT2D eigenvalue weighted by atomic mass is 10.1. The zero-order valence-electron chi connectivity index (χ0n) is 14.5. The van der Waals surface area contributed by atoms with Crippen molar-refractivity contribution in [1.29, 1.82) is 0 Å². The zero-order valence-corrected chi connectivity index (χ0v) is 14.5. The lowest BCUT2D eigenvalue weighted by molar-refractivity contribution is 0.0285. The summed E-state index contributed by atoms with van der Waals surface area (Å²) in [5, 5.41) is 0. The van der Waals surface area contributed by atoms with Gasteiger partial charge in [-0.2, -0.15) is 0 Å². The summed E-state index contributed by atoms with van der Waals surface area (Å²) in [6.07, 6.45) is 2.45. The number of H-pyrrole nitrogens is 1. The van der Waals surface area contributed by atoms with Gasteiger partial charge in [0.15, 0.2) is 5.78 Å². The van der Waals surface area contributed by atoms with Crippen LogP contribution in [0.5, 0.6) is 0 Å². The molecular formula is C17H27N3O3. The van der Waals surface area contributed by atoms with Crippen LogP contribution in [0.25, 0.3) is 0 Å². The Labute approximate surface area is 137 Å². The largest absolute Gasteiger partial charge is 0.444 e. The monoisotopic (exact) mass is 321 g/mol. The van der Waals surface area contributed by atoms with Crippen molar-refractivity contribution in [1.82, 2.24) is 14.8 Å². The summed E-state index contributed by atoms with van der Waals surface area (Å²) in [6, 6.07) is 3.61. The minimum Gasteiger partial charge on any atom is -0.444 e. The average molecular weight is 321 g/mol. The number of aromatic nitrogens is 1. The first-order chi connectivity index (χ1) is 10.7. The number of nitrogens with zero attached hydrogens (tertiary/aromatic N) is 2. The molecule has 1 saturated heterocycles. The summed E-state index contributed by atoms with van der Waals surface area (Å²) in [7, 11) is 1.94. The average Bonchev–Trinajstić information content (AvgIpc) is 3.07. The highest BCUT2D eigenvalue weighted by atomic mass is 16.6. The van der Waals surface area contributed by atoms with Crippen LogP contribution in [0.3, 0.4) is 0 Å². The lowest BCUT2D eigenvalue weighted by Gasteiger charge is -2.25. The second kappa shape index (κ2) is 7.17. The number of hydrogen-bond acceptors (Lipinski definition) is 4. The van der Waals surface area contributed by atoms with E-state index in [9.17, 15) is 9.59 Å². The van der Waals surface area contributed by atoms with Gasteiger partial charge in [-0.05, 0) is 52.3 Å². The molecule has 1 aromatic heterocycles. The number of rotatable bonds is 5. The second-order valence-electron chi connectivity index (χ2n) is 7.28. The van der Waals surface area contributed by atoms with E-state index in [2.05, 4.69) is 4.98 Å². The Hall–Kier alpha value is -1.82. The van der Waals surface area contributed by atoms with E-state index in [4.69, 9.17) is 4.74 Å². The highest BCUT2D eigenvalue weighted by Gasteiger charge is 2.30. The van der Waals surface area contributed by atoms with E-state index >= 15 is 0 Å². The molecule has 1 atom stereocenters. The third kappa shape index (κ3) is 5.39. The van der Waals surface area contributed by atoms with Gasteiger partial charge >= 0.3 is 6.09 Å². The molecule has 1 aliphatic heterocycles. The molecule has 1 aliphatic rings. The van der Waals surface area contributed by atoms with Gasteiger partial charge in [-0.3, -0.25) is 9.69 Å². The maximum Gasteiger partial charge on any atom is 0.410 e. The molecule has 0 bridgehead atoms. The van der Waals surface area contributed by atoms with Crippen molar-refractivity contribution in [3.05, 3.63) is 24.0 Å². The standard InChI is InChI=1S/C17H27N3O3/c1-17(2,3)23-16(22)20-9-7-13(11-20)10-19(4)12-15(21)14-6-5-8-18-14/h5-6,8,13,18H,7,9-12H2,1-4H3. The van der Waals surface area contributed by atoms with Gasteiger partial charge in [-0.15, -0.1) is 0 Å². The molecule has 1 amide bonds. The third-order valence-corrected chi connectivity index (χ3v) is 3.82. The Kier molecular flexibility index (Phi) is 5.46. The number of hydrogen-bond donors (Lipinski definition) is 1. The number of amides is 1. The summed E-state index contributed by atoms with van der Waals surface area (Å²) >= 11 is 0. The number of Topliss-reactive ketones (excluding diaryl/α,β-unsaturated/α-hetero) is 1. The molecule has 0 saturated carbocycles. The highest BCUT2D eigenvalue weighted by Crippen LogP contribution is 2.20.